The van der Waals surface area contributed by atoms with Crippen LogP contribution in [0, 0.1) is 17.8 Å². The van der Waals surface area contributed by atoms with E-state index >= 15 is 0 Å². The van der Waals surface area contributed by atoms with Gasteiger partial charge in [0.15, 0.2) is 0 Å². The number of thioether (sulfide) groups is 1. The summed E-state index contributed by atoms with van der Waals surface area (Å²) in [6.45, 7) is 5.51. The highest BCUT2D eigenvalue weighted by molar-refractivity contribution is 7.98. The molecular weight excluding hydrogens is 382 g/mol. The molecule has 5 rings (SSSR count). The van der Waals surface area contributed by atoms with E-state index in [1.54, 1.807) is 11.8 Å². The molecule has 158 valence electrons. The maximum absolute atomic E-state index is 13.3. The average molecular weight is 416 g/mol. The van der Waals surface area contributed by atoms with Gasteiger partial charge in [0.2, 0.25) is 5.91 Å². The molecule has 1 aliphatic carbocycles. The summed E-state index contributed by atoms with van der Waals surface area (Å²) < 4.78 is 2.05. The normalized spacial score (nSPS) is 31.0. The minimum absolute atomic E-state index is 0.219. The van der Waals surface area contributed by atoms with Gasteiger partial charge < -0.3 is 9.47 Å². The lowest BCUT2D eigenvalue weighted by molar-refractivity contribution is -0.133. The molecule has 0 radical (unpaired) electrons. The molecule has 29 heavy (non-hydrogen) atoms. The number of likely N-dealkylation sites (tertiary alicyclic amines) is 2. The Morgan fingerprint density at radius 2 is 1.90 bits per heavy atom. The van der Waals surface area contributed by atoms with Crippen LogP contribution in [0.15, 0.2) is 16.9 Å². The maximum atomic E-state index is 13.3. The van der Waals surface area contributed by atoms with Gasteiger partial charge in [0.05, 0.1) is 0 Å². The van der Waals surface area contributed by atoms with Crippen molar-refractivity contribution in [2.45, 2.75) is 51.1 Å². The van der Waals surface area contributed by atoms with Crippen LogP contribution in [0.5, 0.6) is 0 Å². The number of aromatic nitrogens is 1. The number of hydrogen-bond donors (Lipinski definition) is 0. The van der Waals surface area contributed by atoms with E-state index < -0.39 is 0 Å². The van der Waals surface area contributed by atoms with Gasteiger partial charge in [0.25, 0.3) is 5.56 Å². The van der Waals surface area contributed by atoms with Crippen LogP contribution in [0.2, 0.25) is 0 Å². The van der Waals surface area contributed by atoms with Crippen molar-refractivity contribution in [3.05, 3.63) is 33.7 Å². The lowest BCUT2D eigenvalue weighted by atomic mass is 9.83. The molecule has 4 atom stereocenters. The second-order valence-corrected chi connectivity index (χ2v) is 10.7. The third-order valence-corrected chi connectivity index (χ3v) is 8.36. The molecule has 2 bridgehead atoms. The molecule has 3 fully saturated rings. The third kappa shape index (κ3) is 3.78. The molecule has 1 aromatic rings. The van der Waals surface area contributed by atoms with Crippen molar-refractivity contribution in [3.63, 3.8) is 0 Å². The first-order valence-electron chi connectivity index (χ1n) is 11.3. The van der Waals surface area contributed by atoms with Crippen LogP contribution >= 0.6 is 11.8 Å². The van der Waals surface area contributed by atoms with Crippen molar-refractivity contribution in [3.8, 4) is 0 Å². The number of carbonyl (C=O) groups is 1. The second kappa shape index (κ2) is 8.10. The van der Waals surface area contributed by atoms with Crippen molar-refractivity contribution >= 4 is 17.7 Å². The second-order valence-electron chi connectivity index (χ2n) is 9.68. The Morgan fingerprint density at radius 1 is 1.10 bits per heavy atom. The Balaban J connectivity index is 1.31. The van der Waals surface area contributed by atoms with E-state index in [9.17, 15) is 9.59 Å². The van der Waals surface area contributed by atoms with Crippen LogP contribution in [0.1, 0.15) is 49.3 Å². The largest absolute Gasteiger partial charge is 0.342 e. The Hall–Kier alpha value is -1.27. The highest BCUT2D eigenvalue weighted by Crippen LogP contribution is 2.38. The van der Waals surface area contributed by atoms with Gasteiger partial charge in [-0.05, 0) is 49.3 Å². The first-order chi connectivity index (χ1) is 14.1. The lowest BCUT2D eigenvalue weighted by Crippen LogP contribution is -2.49. The van der Waals surface area contributed by atoms with E-state index in [-0.39, 0.29) is 11.5 Å². The SMILES string of the molecule is CSCCC(=O)N1C[C@@H]2C[C@H](C1)c1ccc(CN3C[C@H]4CCC[C@H]4C3)c(=O)n1C2. The van der Waals surface area contributed by atoms with E-state index in [2.05, 4.69) is 26.5 Å². The lowest BCUT2D eigenvalue weighted by Gasteiger charge is -2.43. The summed E-state index contributed by atoms with van der Waals surface area (Å²) in [5.41, 5.74) is 2.33. The molecule has 1 saturated carbocycles. The van der Waals surface area contributed by atoms with Crippen molar-refractivity contribution in [2.24, 2.45) is 17.8 Å². The van der Waals surface area contributed by atoms with Crippen molar-refractivity contribution in [1.82, 2.24) is 14.4 Å². The third-order valence-electron chi connectivity index (χ3n) is 7.75. The Labute approximate surface area is 177 Å². The monoisotopic (exact) mass is 415 g/mol. The van der Waals surface area contributed by atoms with E-state index in [1.165, 1.54) is 32.4 Å². The summed E-state index contributed by atoms with van der Waals surface area (Å²) in [7, 11) is 0. The minimum Gasteiger partial charge on any atom is -0.342 e. The van der Waals surface area contributed by atoms with E-state index in [4.69, 9.17) is 0 Å². The van der Waals surface area contributed by atoms with Crippen LogP contribution in [0.3, 0.4) is 0 Å². The summed E-state index contributed by atoms with van der Waals surface area (Å²) in [5, 5.41) is 0. The van der Waals surface area contributed by atoms with Gasteiger partial charge >= 0.3 is 0 Å². The topological polar surface area (TPSA) is 45.6 Å². The van der Waals surface area contributed by atoms with E-state index in [0.29, 0.717) is 18.3 Å². The number of rotatable bonds is 5. The quantitative estimate of drug-likeness (QED) is 0.742. The van der Waals surface area contributed by atoms with Crippen LogP contribution < -0.4 is 5.56 Å². The molecule has 4 aliphatic rings. The van der Waals surface area contributed by atoms with Gasteiger partial charge in [-0.3, -0.25) is 14.5 Å². The Bertz CT molecular complexity index is 826. The molecule has 0 spiro atoms. The highest BCUT2D eigenvalue weighted by Gasteiger charge is 2.38. The molecular formula is C23H33N3O2S. The molecule has 1 aromatic heterocycles. The molecule has 1 amide bonds. The molecule has 0 aromatic carbocycles. The molecule has 0 unspecified atom stereocenters. The van der Waals surface area contributed by atoms with Crippen molar-refractivity contribution in [1.29, 1.82) is 0 Å². The summed E-state index contributed by atoms with van der Waals surface area (Å²) in [6.07, 6.45) is 7.93. The van der Waals surface area contributed by atoms with Gasteiger partial charge in [-0.15, -0.1) is 0 Å². The first kappa shape index (κ1) is 19.7. The number of hydrogen-bond acceptors (Lipinski definition) is 4. The fraction of sp³-hybridized carbons (Fsp3) is 0.739. The Kier molecular flexibility index (Phi) is 5.50. The smallest absolute Gasteiger partial charge is 0.255 e. The molecule has 4 heterocycles. The minimum atomic E-state index is 0.219. The zero-order valence-electron chi connectivity index (χ0n) is 17.5. The van der Waals surface area contributed by atoms with Crippen molar-refractivity contribution < 1.29 is 4.79 Å². The van der Waals surface area contributed by atoms with Crippen LogP contribution in [0.4, 0.5) is 0 Å². The van der Waals surface area contributed by atoms with Crippen LogP contribution in [-0.4, -0.2) is 58.5 Å². The van der Waals surface area contributed by atoms with Gasteiger partial charge in [-0.1, -0.05) is 12.5 Å². The van der Waals surface area contributed by atoms with Gasteiger partial charge in [-0.25, -0.2) is 0 Å². The molecule has 2 saturated heterocycles. The molecule has 0 N–H and O–H groups in total. The average Bonchev–Trinajstić information content (AvgIpc) is 3.30. The summed E-state index contributed by atoms with van der Waals surface area (Å²) in [6, 6.07) is 4.27. The number of amides is 1. The van der Waals surface area contributed by atoms with E-state index in [1.807, 2.05) is 6.26 Å². The van der Waals surface area contributed by atoms with E-state index in [0.717, 1.165) is 61.4 Å². The summed E-state index contributed by atoms with van der Waals surface area (Å²) in [4.78, 5) is 30.4. The number of fused-ring (bicyclic) bond motifs is 5. The predicted molar refractivity (Wildman–Crippen MR) is 117 cm³/mol. The van der Waals surface area contributed by atoms with Crippen molar-refractivity contribution in [2.75, 3.05) is 38.2 Å². The van der Waals surface area contributed by atoms with Gasteiger partial charge in [-0.2, -0.15) is 11.8 Å². The maximum Gasteiger partial charge on any atom is 0.255 e. The molecule has 5 nitrogen and oxygen atoms in total. The Morgan fingerprint density at radius 3 is 2.66 bits per heavy atom. The first-order valence-corrected chi connectivity index (χ1v) is 12.7. The summed E-state index contributed by atoms with van der Waals surface area (Å²) >= 11 is 1.73. The fourth-order valence-electron chi connectivity index (χ4n) is 6.36. The zero-order chi connectivity index (χ0) is 20.0. The van der Waals surface area contributed by atoms with Gasteiger partial charge in [0, 0.05) is 68.6 Å². The highest BCUT2D eigenvalue weighted by atomic mass is 32.2. The van der Waals surface area contributed by atoms with Crippen LogP contribution in [0.25, 0.3) is 0 Å². The zero-order valence-corrected chi connectivity index (χ0v) is 18.3. The summed E-state index contributed by atoms with van der Waals surface area (Å²) in [5.74, 6) is 3.63. The van der Waals surface area contributed by atoms with Gasteiger partial charge in [0.1, 0.15) is 0 Å². The number of nitrogens with zero attached hydrogens (tertiary/aromatic N) is 3. The number of piperidine rings is 1. The predicted octanol–water partition coefficient (Wildman–Crippen LogP) is 2.78. The van der Waals surface area contributed by atoms with Crippen LogP contribution in [-0.2, 0) is 17.9 Å². The number of carbonyl (C=O) groups excluding carboxylic acids is 1. The fourth-order valence-corrected chi connectivity index (χ4v) is 6.74. The molecule has 6 heteroatoms. The molecule has 3 aliphatic heterocycles. The standard InChI is InChI=1S/C23H33N3O2S/c1-29-8-7-22(27)25-10-16-9-20(15-25)21-6-5-19(23(28)26(21)11-16)14-24-12-17-3-2-4-18(17)13-24/h5-6,16-18,20H,2-4,7-15H2,1H3/t16-,17-,18+,20+/m0/s1. The number of pyridine rings is 1.